The molecule has 1 aromatic heterocycles. The highest BCUT2D eigenvalue weighted by atomic mass is 16.4. The number of aromatic carboxylic acids is 1. The van der Waals surface area contributed by atoms with Crippen molar-refractivity contribution < 1.29 is 14.3 Å². The van der Waals surface area contributed by atoms with Crippen molar-refractivity contribution in [3.63, 3.8) is 0 Å². The lowest BCUT2D eigenvalue weighted by Crippen LogP contribution is -2.25. The summed E-state index contributed by atoms with van der Waals surface area (Å²) in [5.74, 6) is -0.941. The average molecular weight is 448 g/mol. The molecule has 0 unspecified atom stereocenters. The molecule has 0 aliphatic rings. The normalized spacial score (nSPS) is 11.4. The van der Waals surface area contributed by atoms with E-state index in [-0.39, 0.29) is 11.2 Å². The fourth-order valence-electron chi connectivity index (χ4n) is 3.91. The SMILES string of the molecule is CCCCN(CCCC)c1ccc2c(C)c(/C=C/Cc3ccc(C(=O)O)cc3)c(=O)oc2c1. The number of carbonyl (C=O) groups is 1. The third-order valence-corrected chi connectivity index (χ3v) is 5.96. The Bertz CT molecular complexity index is 1170. The lowest BCUT2D eigenvalue weighted by molar-refractivity contribution is 0.0697. The van der Waals surface area contributed by atoms with Crippen LogP contribution >= 0.6 is 0 Å². The van der Waals surface area contributed by atoms with E-state index in [4.69, 9.17) is 9.52 Å². The quantitative estimate of drug-likeness (QED) is 0.342. The van der Waals surface area contributed by atoms with Gasteiger partial charge in [-0.25, -0.2) is 9.59 Å². The van der Waals surface area contributed by atoms with Crippen molar-refractivity contribution in [3.8, 4) is 0 Å². The third-order valence-electron chi connectivity index (χ3n) is 5.96. The van der Waals surface area contributed by atoms with Crippen LogP contribution in [0.5, 0.6) is 0 Å². The second kappa shape index (κ2) is 11.5. The van der Waals surface area contributed by atoms with Gasteiger partial charge in [0.2, 0.25) is 0 Å². The summed E-state index contributed by atoms with van der Waals surface area (Å²) in [6, 6.07) is 12.9. The van der Waals surface area contributed by atoms with Crippen molar-refractivity contribution in [2.45, 2.75) is 52.9 Å². The standard InChI is InChI=1S/C28H33NO4/c1-4-6-17-29(18-7-5-2)23-15-16-24-20(3)25(28(32)33-26(24)19-23)10-8-9-21-11-13-22(14-12-21)27(30)31/h8,10-16,19H,4-7,9,17-18H2,1-3H3,(H,30,31)/b10-8+. The number of hydrogen-bond acceptors (Lipinski definition) is 4. The van der Waals surface area contributed by atoms with E-state index in [0.29, 0.717) is 17.6 Å². The Morgan fingerprint density at radius 2 is 1.70 bits per heavy atom. The molecule has 0 bridgehead atoms. The summed E-state index contributed by atoms with van der Waals surface area (Å²) in [6.07, 6.45) is 8.86. The molecule has 0 atom stereocenters. The van der Waals surface area contributed by atoms with Crippen molar-refractivity contribution in [2.24, 2.45) is 0 Å². The van der Waals surface area contributed by atoms with Gasteiger partial charge in [-0.3, -0.25) is 0 Å². The zero-order chi connectivity index (χ0) is 23.8. The summed E-state index contributed by atoms with van der Waals surface area (Å²) in [5.41, 5.74) is 4.06. The number of rotatable bonds is 11. The molecule has 5 heteroatoms. The Balaban J connectivity index is 1.84. The summed E-state index contributed by atoms with van der Waals surface area (Å²) in [4.78, 5) is 26.1. The molecule has 0 aliphatic heterocycles. The first-order valence-corrected chi connectivity index (χ1v) is 11.8. The van der Waals surface area contributed by atoms with Gasteiger partial charge in [-0.2, -0.15) is 0 Å². The molecular formula is C28H33NO4. The van der Waals surface area contributed by atoms with Crippen LogP contribution < -0.4 is 10.5 Å². The third kappa shape index (κ3) is 6.13. The van der Waals surface area contributed by atoms with Crippen molar-refractivity contribution in [1.82, 2.24) is 0 Å². The molecule has 5 nitrogen and oxygen atoms in total. The van der Waals surface area contributed by atoms with E-state index >= 15 is 0 Å². The minimum absolute atomic E-state index is 0.260. The molecule has 33 heavy (non-hydrogen) atoms. The van der Waals surface area contributed by atoms with Crippen molar-refractivity contribution in [2.75, 3.05) is 18.0 Å². The van der Waals surface area contributed by atoms with Gasteiger partial charge in [0.25, 0.3) is 0 Å². The molecule has 1 heterocycles. The van der Waals surface area contributed by atoms with E-state index in [0.717, 1.165) is 61.0 Å². The minimum Gasteiger partial charge on any atom is -0.478 e. The first-order valence-electron chi connectivity index (χ1n) is 11.8. The van der Waals surface area contributed by atoms with Crippen LogP contribution in [0.3, 0.4) is 0 Å². The largest absolute Gasteiger partial charge is 0.478 e. The zero-order valence-corrected chi connectivity index (χ0v) is 19.8. The zero-order valence-electron chi connectivity index (χ0n) is 19.8. The highest BCUT2D eigenvalue weighted by Gasteiger charge is 2.12. The number of hydrogen-bond donors (Lipinski definition) is 1. The Morgan fingerprint density at radius 3 is 2.30 bits per heavy atom. The molecule has 0 spiro atoms. The van der Waals surface area contributed by atoms with Gasteiger partial charge in [-0.05, 0) is 61.6 Å². The van der Waals surface area contributed by atoms with Crippen LogP contribution in [0.4, 0.5) is 5.69 Å². The van der Waals surface area contributed by atoms with E-state index < -0.39 is 5.97 Å². The van der Waals surface area contributed by atoms with Crippen LogP contribution in [0.2, 0.25) is 0 Å². The predicted molar refractivity (Wildman–Crippen MR) is 135 cm³/mol. The molecule has 0 aliphatic carbocycles. The fraction of sp³-hybridized carbons (Fsp3) is 0.357. The number of unbranched alkanes of at least 4 members (excludes halogenated alkanes) is 2. The van der Waals surface area contributed by atoms with E-state index in [1.165, 1.54) is 0 Å². The van der Waals surface area contributed by atoms with Crippen LogP contribution in [0, 0.1) is 6.92 Å². The molecule has 3 aromatic rings. The van der Waals surface area contributed by atoms with Crippen molar-refractivity contribution in [3.05, 3.63) is 81.2 Å². The number of carboxylic acid groups (broad SMARTS) is 1. The van der Waals surface area contributed by atoms with Gasteiger partial charge in [0.1, 0.15) is 5.58 Å². The van der Waals surface area contributed by atoms with E-state index in [2.05, 4.69) is 30.9 Å². The summed E-state index contributed by atoms with van der Waals surface area (Å²) < 4.78 is 5.72. The fourth-order valence-corrected chi connectivity index (χ4v) is 3.91. The summed E-state index contributed by atoms with van der Waals surface area (Å²) in [6.45, 7) is 8.34. The molecule has 3 rings (SSSR count). The van der Waals surface area contributed by atoms with Gasteiger partial charge < -0.3 is 14.4 Å². The second-order valence-corrected chi connectivity index (χ2v) is 8.41. The Hall–Kier alpha value is -3.34. The van der Waals surface area contributed by atoms with Gasteiger partial charge in [-0.15, -0.1) is 0 Å². The van der Waals surface area contributed by atoms with Gasteiger partial charge in [0, 0.05) is 30.2 Å². The van der Waals surface area contributed by atoms with Crippen LogP contribution in [-0.4, -0.2) is 24.2 Å². The predicted octanol–water partition coefficient (Wildman–Crippen LogP) is 6.46. The van der Waals surface area contributed by atoms with E-state index in [9.17, 15) is 9.59 Å². The number of anilines is 1. The maximum atomic E-state index is 12.7. The second-order valence-electron chi connectivity index (χ2n) is 8.41. The molecular weight excluding hydrogens is 414 g/mol. The van der Waals surface area contributed by atoms with E-state index in [1.807, 2.05) is 19.1 Å². The van der Waals surface area contributed by atoms with Crippen LogP contribution in [0.25, 0.3) is 17.0 Å². The summed E-state index contributed by atoms with van der Waals surface area (Å²) in [5, 5.41) is 9.95. The molecule has 0 radical (unpaired) electrons. The molecule has 0 fully saturated rings. The molecule has 0 amide bonds. The first-order chi connectivity index (χ1) is 15.9. The number of nitrogens with zero attached hydrogens (tertiary/aromatic N) is 1. The maximum Gasteiger partial charge on any atom is 0.343 e. The maximum absolute atomic E-state index is 12.7. The summed E-state index contributed by atoms with van der Waals surface area (Å²) >= 11 is 0. The Kier molecular flexibility index (Phi) is 8.47. The molecule has 0 saturated carbocycles. The highest BCUT2D eigenvalue weighted by Crippen LogP contribution is 2.26. The van der Waals surface area contributed by atoms with E-state index in [1.54, 1.807) is 30.3 Å². The van der Waals surface area contributed by atoms with Gasteiger partial charge in [0.15, 0.2) is 0 Å². The monoisotopic (exact) mass is 447 g/mol. The van der Waals surface area contributed by atoms with Gasteiger partial charge >= 0.3 is 11.6 Å². The first kappa shape index (κ1) is 24.3. The molecule has 2 aromatic carbocycles. The molecule has 174 valence electrons. The van der Waals surface area contributed by atoms with Crippen LogP contribution in [0.15, 0.2) is 57.8 Å². The topological polar surface area (TPSA) is 70.8 Å². The lowest BCUT2D eigenvalue weighted by Gasteiger charge is -2.25. The minimum atomic E-state index is -0.941. The smallest absolute Gasteiger partial charge is 0.343 e. The van der Waals surface area contributed by atoms with Crippen LogP contribution in [0.1, 0.15) is 66.6 Å². The van der Waals surface area contributed by atoms with Crippen molar-refractivity contribution >= 4 is 28.7 Å². The van der Waals surface area contributed by atoms with Gasteiger partial charge in [0.05, 0.1) is 11.1 Å². The Labute approximate surface area is 195 Å². The highest BCUT2D eigenvalue weighted by molar-refractivity contribution is 5.87. The molecule has 0 saturated heterocycles. The van der Waals surface area contributed by atoms with Gasteiger partial charge in [-0.1, -0.05) is 51.0 Å². The number of fused-ring (bicyclic) bond motifs is 1. The molecule has 1 N–H and O–H groups in total. The number of aryl methyl sites for hydroxylation is 1. The van der Waals surface area contributed by atoms with Crippen LogP contribution in [-0.2, 0) is 6.42 Å². The Morgan fingerprint density at radius 1 is 1.03 bits per heavy atom. The lowest BCUT2D eigenvalue weighted by atomic mass is 10.0. The number of benzene rings is 2. The number of allylic oxidation sites excluding steroid dienone is 1. The summed E-state index contributed by atoms with van der Waals surface area (Å²) in [7, 11) is 0. The number of carboxylic acids is 1. The van der Waals surface area contributed by atoms with Crippen molar-refractivity contribution in [1.29, 1.82) is 0 Å². The average Bonchev–Trinajstić information content (AvgIpc) is 2.81.